The lowest BCUT2D eigenvalue weighted by molar-refractivity contribution is 0.159. The molecule has 1 rings (SSSR count). The smallest absolute Gasteiger partial charge is 0.126 e. The molecule has 1 unspecified atom stereocenters. The molecule has 0 aliphatic rings. The van der Waals surface area contributed by atoms with E-state index in [0.29, 0.717) is 10.8 Å². The van der Waals surface area contributed by atoms with Crippen LogP contribution in [-0.2, 0) is 0 Å². The number of halogens is 1. The Morgan fingerprint density at radius 1 is 1.39 bits per heavy atom. The number of aliphatic hydroxyl groups excluding tert-OH is 1. The predicted octanol–water partition coefficient (Wildman–Crippen LogP) is 4.52. The van der Waals surface area contributed by atoms with Crippen molar-refractivity contribution in [1.82, 2.24) is 0 Å². The van der Waals surface area contributed by atoms with E-state index in [2.05, 4.69) is 6.58 Å². The Hall–Kier alpha value is -0.990. The third-order valence-corrected chi connectivity index (χ3v) is 3.18. The highest BCUT2D eigenvalue weighted by atomic mass is 35.5. The largest absolute Gasteiger partial charge is 0.496 e. The van der Waals surface area contributed by atoms with Crippen molar-refractivity contribution in [2.45, 2.75) is 38.2 Å². The molecule has 3 heteroatoms. The molecule has 0 aliphatic heterocycles. The molecule has 2 nitrogen and oxygen atoms in total. The maximum absolute atomic E-state index is 10.1. The summed E-state index contributed by atoms with van der Waals surface area (Å²) in [5.41, 5.74) is 0.811. The van der Waals surface area contributed by atoms with Crippen LogP contribution in [0.15, 0.2) is 30.9 Å². The molecule has 1 aromatic rings. The Labute approximate surface area is 114 Å². The second kappa shape index (κ2) is 8.17. The lowest BCUT2D eigenvalue weighted by atomic mass is 10.0. The second-order valence-corrected chi connectivity index (χ2v) is 4.77. The second-order valence-electron chi connectivity index (χ2n) is 4.33. The van der Waals surface area contributed by atoms with Crippen LogP contribution in [0.1, 0.15) is 43.8 Å². The molecular weight excluding hydrogens is 248 g/mol. The van der Waals surface area contributed by atoms with Gasteiger partial charge in [0.05, 0.1) is 13.2 Å². The molecule has 0 heterocycles. The first kappa shape index (κ1) is 15.1. The molecule has 0 radical (unpaired) electrons. The van der Waals surface area contributed by atoms with Crippen LogP contribution >= 0.6 is 11.6 Å². The first-order valence-corrected chi connectivity index (χ1v) is 6.69. The van der Waals surface area contributed by atoms with Crippen LogP contribution in [0.25, 0.3) is 0 Å². The first-order chi connectivity index (χ1) is 8.69. The van der Waals surface area contributed by atoms with Gasteiger partial charge < -0.3 is 9.84 Å². The van der Waals surface area contributed by atoms with E-state index in [1.165, 1.54) is 0 Å². The van der Waals surface area contributed by atoms with Gasteiger partial charge in [-0.3, -0.25) is 0 Å². The van der Waals surface area contributed by atoms with Crippen LogP contribution in [0, 0.1) is 0 Å². The highest BCUT2D eigenvalue weighted by molar-refractivity contribution is 6.30. The van der Waals surface area contributed by atoms with Crippen LogP contribution in [0.3, 0.4) is 0 Å². The maximum atomic E-state index is 10.1. The van der Waals surface area contributed by atoms with Gasteiger partial charge in [-0.25, -0.2) is 0 Å². The summed E-state index contributed by atoms with van der Waals surface area (Å²) in [6.45, 7) is 3.69. The lowest BCUT2D eigenvalue weighted by Gasteiger charge is -2.15. The fourth-order valence-corrected chi connectivity index (χ4v) is 2.08. The van der Waals surface area contributed by atoms with Crippen molar-refractivity contribution >= 4 is 11.6 Å². The summed E-state index contributed by atoms with van der Waals surface area (Å²) < 4.78 is 5.23. The molecule has 1 N–H and O–H groups in total. The van der Waals surface area contributed by atoms with Gasteiger partial charge in [0.15, 0.2) is 0 Å². The Morgan fingerprint density at radius 2 is 2.17 bits per heavy atom. The van der Waals surface area contributed by atoms with Gasteiger partial charge in [0.2, 0.25) is 0 Å². The fourth-order valence-electron chi connectivity index (χ4n) is 1.92. The Kier molecular flexibility index (Phi) is 6.84. The average Bonchev–Trinajstić information content (AvgIpc) is 2.38. The van der Waals surface area contributed by atoms with Crippen LogP contribution < -0.4 is 4.74 Å². The van der Waals surface area contributed by atoms with Gasteiger partial charge in [-0.2, -0.15) is 0 Å². The van der Waals surface area contributed by atoms with Crippen molar-refractivity contribution in [3.05, 3.63) is 41.4 Å². The highest BCUT2D eigenvalue weighted by Crippen LogP contribution is 2.31. The quantitative estimate of drug-likeness (QED) is 0.555. The molecule has 0 spiro atoms. The van der Waals surface area contributed by atoms with Crippen LogP contribution in [0.5, 0.6) is 5.75 Å². The molecule has 0 saturated carbocycles. The third-order valence-electron chi connectivity index (χ3n) is 2.94. The van der Waals surface area contributed by atoms with Crippen LogP contribution in [0.4, 0.5) is 0 Å². The number of hydrogen-bond donors (Lipinski definition) is 1. The maximum Gasteiger partial charge on any atom is 0.126 e. The molecule has 0 bridgehead atoms. The topological polar surface area (TPSA) is 29.5 Å². The summed E-state index contributed by atoms with van der Waals surface area (Å²) in [5.74, 6) is 0.654. The van der Waals surface area contributed by atoms with Gasteiger partial charge in [-0.1, -0.05) is 36.6 Å². The molecule has 100 valence electrons. The minimum Gasteiger partial charge on any atom is -0.496 e. The van der Waals surface area contributed by atoms with Gasteiger partial charge in [-0.15, -0.1) is 6.58 Å². The summed E-state index contributed by atoms with van der Waals surface area (Å²) in [6.07, 6.45) is 6.47. The fraction of sp³-hybridized carbons (Fsp3) is 0.467. The highest BCUT2D eigenvalue weighted by Gasteiger charge is 2.13. The zero-order chi connectivity index (χ0) is 13.4. The summed E-state index contributed by atoms with van der Waals surface area (Å²) in [5, 5.41) is 10.8. The van der Waals surface area contributed by atoms with Gasteiger partial charge in [0.1, 0.15) is 5.75 Å². The molecule has 0 saturated heterocycles. The van der Waals surface area contributed by atoms with Crippen molar-refractivity contribution in [2.24, 2.45) is 0 Å². The Balaban J connectivity index is 2.50. The molecule has 0 fully saturated rings. The zero-order valence-electron chi connectivity index (χ0n) is 10.9. The minimum atomic E-state index is -0.485. The third kappa shape index (κ3) is 4.71. The van der Waals surface area contributed by atoms with Crippen molar-refractivity contribution in [1.29, 1.82) is 0 Å². The van der Waals surface area contributed by atoms with Gasteiger partial charge >= 0.3 is 0 Å². The molecule has 0 amide bonds. The van der Waals surface area contributed by atoms with E-state index in [4.69, 9.17) is 16.3 Å². The van der Waals surface area contributed by atoms with Crippen molar-refractivity contribution in [3.63, 3.8) is 0 Å². The number of benzene rings is 1. The van der Waals surface area contributed by atoms with E-state index in [1.807, 2.05) is 12.1 Å². The number of ether oxygens (including phenoxy) is 1. The minimum absolute atomic E-state index is 0.485. The Morgan fingerprint density at radius 3 is 2.83 bits per heavy atom. The Bertz CT molecular complexity index is 377. The SMILES string of the molecule is C=CCCCCCC(O)c1ccc(Cl)cc1OC. The van der Waals surface area contributed by atoms with Crippen molar-refractivity contribution in [3.8, 4) is 5.75 Å². The van der Waals surface area contributed by atoms with E-state index in [0.717, 1.165) is 37.7 Å². The van der Waals surface area contributed by atoms with E-state index in [-0.39, 0.29) is 0 Å². The summed E-state index contributed by atoms with van der Waals surface area (Å²) >= 11 is 5.89. The first-order valence-electron chi connectivity index (χ1n) is 6.31. The predicted molar refractivity (Wildman–Crippen MR) is 76.2 cm³/mol. The number of allylic oxidation sites excluding steroid dienone is 1. The van der Waals surface area contributed by atoms with Crippen molar-refractivity contribution < 1.29 is 9.84 Å². The molecular formula is C15H21ClO2. The van der Waals surface area contributed by atoms with E-state index in [9.17, 15) is 5.11 Å². The van der Waals surface area contributed by atoms with E-state index < -0.39 is 6.10 Å². The normalized spacial score (nSPS) is 12.2. The number of unbranched alkanes of at least 4 members (excludes halogenated alkanes) is 3. The standard InChI is InChI=1S/C15H21ClO2/c1-3-4-5-6-7-8-14(17)13-10-9-12(16)11-15(13)18-2/h3,9-11,14,17H,1,4-8H2,2H3. The van der Waals surface area contributed by atoms with Crippen LogP contribution in [0.2, 0.25) is 5.02 Å². The van der Waals surface area contributed by atoms with Gasteiger partial charge in [0.25, 0.3) is 0 Å². The number of aliphatic hydroxyl groups is 1. The summed E-state index contributed by atoms with van der Waals surface area (Å²) in [7, 11) is 1.59. The number of hydrogen-bond acceptors (Lipinski definition) is 2. The van der Waals surface area contributed by atoms with Crippen molar-refractivity contribution in [2.75, 3.05) is 7.11 Å². The number of rotatable bonds is 8. The average molecular weight is 269 g/mol. The molecule has 1 aromatic carbocycles. The molecule has 1 atom stereocenters. The summed E-state index contributed by atoms with van der Waals surface area (Å²) in [4.78, 5) is 0. The lowest BCUT2D eigenvalue weighted by Crippen LogP contribution is -2.00. The van der Waals surface area contributed by atoms with Gasteiger partial charge in [0, 0.05) is 10.6 Å². The van der Waals surface area contributed by atoms with Gasteiger partial charge in [-0.05, 0) is 31.4 Å². The zero-order valence-corrected chi connectivity index (χ0v) is 11.6. The number of methoxy groups -OCH3 is 1. The monoisotopic (exact) mass is 268 g/mol. The van der Waals surface area contributed by atoms with E-state index >= 15 is 0 Å². The van der Waals surface area contributed by atoms with Crippen LogP contribution in [-0.4, -0.2) is 12.2 Å². The summed E-state index contributed by atoms with van der Waals surface area (Å²) in [6, 6.07) is 5.34. The molecule has 0 aliphatic carbocycles. The molecule has 18 heavy (non-hydrogen) atoms. The molecule has 0 aromatic heterocycles. The van der Waals surface area contributed by atoms with E-state index in [1.54, 1.807) is 19.2 Å².